The SMILES string of the molecule is Cc1nn(C)cc1-c1cc(C(=O)Nc2cccc(CN3CCCCC3C)c2)[nH]n1. The highest BCUT2D eigenvalue weighted by Gasteiger charge is 2.18. The highest BCUT2D eigenvalue weighted by atomic mass is 16.1. The molecular formula is C22H28N6O. The predicted octanol–water partition coefficient (Wildman–Crippen LogP) is 3.75. The highest BCUT2D eigenvalue weighted by Crippen LogP contribution is 2.22. The Hall–Kier alpha value is -2.93. The Morgan fingerprint density at radius 2 is 2.17 bits per heavy atom. The smallest absolute Gasteiger partial charge is 0.273 e. The number of aromatic nitrogens is 4. The Bertz CT molecular complexity index is 1000. The molecule has 7 nitrogen and oxygen atoms in total. The first kappa shape index (κ1) is 19.4. The van der Waals surface area contributed by atoms with Crippen molar-refractivity contribution in [2.24, 2.45) is 7.05 Å². The maximum absolute atomic E-state index is 12.7. The van der Waals surface area contributed by atoms with Gasteiger partial charge < -0.3 is 5.32 Å². The van der Waals surface area contributed by atoms with Crippen LogP contribution in [0.5, 0.6) is 0 Å². The molecule has 29 heavy (non-hydrogen) atoms. The van der Waals surface area contributed by atoms with Gasteiger partial charge in [-0.1, -0.05) is 18.6 Å². The molecule has 7 heteroatoms. The fourth-order valence-corrected chi connectivity index (χ4v) is 4.00. The van der Waals surface area contributed by atoms with Crippen LogP contribution in [-0.4, -0.2) is 43.4 Å². The van der Waals surface area contributed by atoms with Crippen LogP contribution in [0.2, 0.25) is 0 Å². The number of H-pyrrole nitrogens is 1. The molecule has 0 saturated carbocycles. The number of rotatable bonds is 5. The number of hydrogen-bond acceptors (Lipinski definition) is 4. The van der Waals surface area contributed by atoms with Gasteiger partial charge in [-0.25, -0.2) is 0 Å². The average molecular weight is 393 g/mol. The second kappa shape index (κ2) is 8.21. The van der Waals surface area contributed by atoms with Crippen LogP contribution >= 0.6 is 0 Å². The Morgan fingerprint density at radius 1 is 1.31 bits per heavy atom. The van der Waals surface area contributed by atoms with Crippen LogP contribution in [0, 0.1) is 6.92 Å². The van der Waals surface area contributed by atoms with Crippen LogP contribution in [0.15, 0.2) is 36.5 Å². The molecule has 0 spiro atoms. The third kappa shape index (κ3) is 4.40. The number of likely N-dealkylation sites (tertiary alicyclic amines) is 1. The fraction of sp³-hybridized carbons (Fsp3) is 0.409. The summed E-state index contributed by atoms with van der Waals surface area (Å²) in [7, 11) is 1.87. The Balaban J connectivity index is 1.44. The summed E-state index contributed by atoms with van der Waals surface area (Å²) in [6.07, 6.45) is 5.74. The lowest BCUT2D eigenvalue weighted by molar-refractivity contribution is 0.102. The van der Waals surface area contributed by atoms with Crippen molar-refractivity contribution in [3.05, 3.63) is 53.5 Å². The van der Waals surface area contributed by atoms with E-state index in [1.165, 1.54) is 24.8 Å². The zero-order valence-corrected chi connectivity index (χ0v) is 17.3. The number of benzene rings is 1. The van der Waals surface area contributed by atoms with Crippen molar-refractivity contribution in [2.75, 3.05) is 11.9 Å². The van der Waals surface area contributed by atoms with Crippen molar-refractivity contribution < 1.29 is 4.79 Å². The van der Waals surface area contributed by atoms with E-state index in [-0.39, 0.29) is 5.91 Å². The molecule has 2 N–H and O–H groups in total. The summed E-state index contributed by atoms with van der Waals surface area (Å²) in [6.45, 7) is 6.28. The molecule has 0 aliphatic carbocycles. The van der Waals surface area contributed by atoms with E-state index < -0.39 is 0 Å². The molecule has 1 aliphatic rings. The number of nitrogens with one attached hydrogen (secondary N) is 2. The molecule has 1 fully saturated rings. The minimum Gasteiger partial charge on any atom is -0.321 e. The summed E-state index contributed by atoms with van der Waals surface area (Å²) in [5, 5.41) is 14.4. The number of hydrogen-bond donors (Lipinski definition) is 2. The second-order valence-corrected chi connectivity index (χ2v) is 7.94. The molecule has 1 aliphatic heterocycles. The fourth-order valence-electron chi connectivity index (χ4n) is 4.00. The van der Waals surface area contributed by atoms with Gasteiger partial charge in [0.2, 0.25) is 0 Å². The van der Waals surface area contributed by atoms with Gasteiger partial charge in [0.15, 0.2) is 0 Å². The number of carbonyl (C=O) groups excluding carboxylic acids is 1. The first-order chi connectivity index (χ1) is 14.0. The lowest BCUT2D eigenvalue weighted by Gasteiger charge is -2.33. The lowest BCUT2D eigenvalue weighted by atomic mass is 10.0. The quantitative estimate of drug-likeness (QED) is 0.693. The number of amides is 1. The number of aryl methyl sites for hydroxylation is 2. The first-order valence-electron chi connectivity index (χ1n) is 10.2. The molecule has 1 amide bonds. The second-order valence-electron chi connectivity index (χ2n) is 7.94. The first-order valence-corrected chi connectivity index (χ1v) is 10.2. The Labute approximate surface area is 171 Å². The van der Waals surface area contributed by atoms with Crippen molar-refractivity contribution >= 4 is 11.6 Å². The molecule has 0 radical (unpaired) electrons. The van der Waals surface area contributed by atoms with Crippen LogP contribution in [0.1, 0.15) is 47.9 Å². The number of nitrogens with zero attached hydrogens (tertiary/aromatic N) is 4. The van der Waals surface area contributed by atoms with E-state index >= 15 is 0 Å². The maximum atomic E-state index is 12.7. The number of anilines is 1. The normalized spacial score (nSPS) is 17.4. The van der Waals surface area contributed by atoms with Crippen molar-refractivity contribution in [2.45, 2.75) is 45.7 Å². The van der Waals surface area contributed by atoms with E-state index in [0.29, 0.717) is 17.4 Å². The zero-order valence-electron chi connectivity index (χ0n) is 17.3. The van der Waals surface area contributed by atoms with Crippen molar-refractivity contribution in [3.8, 4) is 11.3 Å². The summed E-state index contributed by atoms with van der Waals surface area (Å²) in [6, 6.07) is 10.5. The van der Waals surface area contributed by atoms with Gasteiger partial charge in [0.05, 0.1) is 11.4 Å². The summed E-state index contributed by atoms with van der Waals surface area (Å²) in [5.74, 6) is -0.200. The Morgan fingerprint density at radius 3 is 2.93 bits per heavy atom. The summed E-state index contributed by atoms with van der Waals surface area (Å²) < 4.78 is 1.74. The largest absolute Gasteiger partial charge is 0.321 e. The van der Waals surface area contributed by atoms with Gasteiger partial charge in [0.1, 0.15) is 5.69 Å². The van der Waals surface area contributed by atoms with Gasteiger partial charge >= 0.3 is 0 Å². The number of aromatic amines is 1. The standard InChI is InChI=1S/C22H28N6O/c1-15-7-4-5-10-28(15)13-17-8-6-9-18(11-17)23-22(29)21-12-20(24-25-21)19-14-27(3)26-16(19)2/h6,8-9,11-12,14-15H,4-5,7,10,13H2,1-3H3,(H,23,29)(H,24,25). The van der Waals surface area contributed by atoms with E-state index in [0.717, 1.165) is 30.0 Å². The highest BCUT2D eigenvalue weighted by molar-refractivity contribution is 6.03. The average Bonchev–Trinajstić information content (AvgIpc) is 3.30. The summed E-state index contributed by atoms with van der Waals surface area (Å²) in [4.78, 5) is 15.2. The molecule has 2 aromatic heterocycles. The zero-order chi connectivity index (χ0) is 20.4. The van der Waals surface area contributed by atoms with E-state index in [2.05, 4.69) is 44.6 Å². The molecule has 1 aromatic carbocycles. The third-order valence-electron chi connectivity index (χ3n) is 5.62. The van der Waals surface area contributed by atoms with E-state index in [1.807, 2.05) is 32.3 Å². The van der Waals surface area contributed by atoms with Crippen LogP contribution in [-0.2, 0) is 13.6 Å². The van der Waals surface area contributed by atoms with Crippen molar-refractivity contribution in [3.63, 3.8) is 0 Å². The predicted molar refractivity (Wildman–Crippen MR) is 114 cm³/mol. The van der Waals surface area contributed by atoms with Crippen LogP contribution in [0.4, 0.5) is 5.69 Å². The van der Waals surface area contributed by atoms with Gasteiger partial charge in [-0.15, -0.1) is 0 Å². The van der Waals surface area contributed by atoms with E-state index in [9.17, 15) is 4.79 Å². The van der Waals surface area contributed by atoms with E-state index in [1.54, 1.807) is 10.7 Å². The van der Waals surface area contributed by atoms with Gasteiger partial charge in [-0.2, -0.15) is 10.2 Å². The van der Waals surface area contributed by atoms with Crippen molar-refractivity contribution in [1.29, 1.82) is 0 Å². The molecule has 3 heterocycles. The third-order valence-corrected chi connectivity index (χ3v) is 5.62. The van der Waals surface area contributed by atoms with Gasteiger partial charge in [0.25, 0.3) is 5.91 Å². The molecule has 3 aromatic rings. The van der Waals surface area contributed by atoms with Crippen molar-refractivity contribution in [1.82, 2.24) is 24.9 Å². The lowest BCUT2D eigenvalue weighted by Crippen LogP contribution is -2.36. The monoisotopic (exact) mass is 392 g/mol. The molecule has 4 rings (SSSR count). The van der Waals surface area contributed by atoms with Gasteiger partial charge in [-0.05, 0) is 57.0 Å². The van der Waals surface area contributed by atoms with Crippen LogP contribution < -0.4 is 5.32 Å². The van der Waals surface area contributed by atoms with Gasteiger partial charge in [-0.3, -0.25) is 19.5 Å². The number of piperidine rings is 1. The molecular weight excluding hydrogens is 364 g/mol. The molecule has 152 valence electrons. The minimum atomic E-state index is -0.200. The topological polar surface area (TPSA) is 78.8 Å². The maximum Gasteiger partial charge on any atom is 0.273 e. The Kier molecular flexibility index (Phi) is 5.49. The van der Waals surface area contributed by atoms with E-state index in [4.69, 9.17) is 0 Å². The van der Waals surface area contributed by atoms with Crippen LogP contribution in [0.25, 0.3) is 11.3 Å². The molecule has 1 saturated heterocycles. The van der Waals surface area contributed by atoms with Crippen LogP contribution in [0.3, 0.4) is 0 Å². The molecule has 0 bridgehead atoms. The molecule has 1 atom stereocenters. The molecule has 1 unspecified atom stereocenters. The summed E-state index contributed by atoms with van der Waals surface area (Å²) in [5.41, 5.74) is 4.96. The minimum absolute atomic E-state index is 0.200. The summed E-state index contributed by atoms with van der Waals surface area (Å²) >= 11 is 0. The van der Waals surface area contributed by atoms with Gasteiger partial charge in [0, 0.05) is 37.1 Å². The number of carbonyl (C=O) groups is 1.